The summed E-state index contributed by atoms with van der Waals surface area (Å²) in [7, 11) is -4.92. The first-order chi connectivity index (χ1) is 14.8. The fourth-order valence-electron chi connectivity index (χ4n) is 3.18. The van der Waals surface area contributed by atoms with Crippen LogP contribution in [0.5, 0.6) is 0 Å². The number of aryl methyl sites for hydroxylation is 1. The van der Waals surface area contributed by atoms with Gasteiger partial charge in [0.15, 0.2) is 0 Å². The number of rotatable bonds is 5. The molecule has 0 saturated carbocycles. The fraction of sp³-hybridized carbons (Fsp3) is 0.0909. The second-order valence-corrected chi connectivity index (χ2v) is 8.82. The third-order valence-electron chi connectivity index (χ3n) is 4.70. The Morgan fingerprint density at radius 2 is 1.84 bits per heavy atom. The van der Waals surface area contributed by atoms with Crippen molar-refractivity contribution in [2.75, 3.05) is 5.32 Å². The quantitative estimate of drug-likeness (QED) is 0.492. The highest BCUT2D eigenvalue weighted by atomic mass is 32.2. The van der Waals surface area contributed by atoms with E-state index in [1.165, 1.54) is 18.2 Å². The van der Waals surface area contributed by atoms with Crippen molar-refractivity contribution in [2.24, 2.45) is 0 Å². The smallest absolute Gasteiger partial charge is 0.322 e. The summed E-state index contributed by atoms with van der Waals surface area (Å²) in [5.74, 6) is -4.42. The van der Waals surface area contributed by atoms with Crippen molar-refractivity contribution in [1.82, 2.24) is 9.38 Å². The van der Waals surface area contributed by atoms with Crippen LogP contribution >= 0.6 is 0 Å². The van der Waals surface area contributed by atoms with Gasteiger partial charge >= 0.3 is 5.76 Å². The molecule has 0 spiro atoms. The van der Waals surface area contributed by atoms with Crippen molar-refractivity contribution in [1.29, 1.82) is 0 Å². The first-order valence-corrected chi connectivity index (χ1v) is 10.8. The minimum atomic E-state index is -4.92. The number of anilines is 1. The van der Waals surface area contributed by atoms with Gasteiger partial charge in [-0.3, -0.25) is 4.79 Å². The molecule has 0 saturated heterocycles. The second-order valence-electron chi connectivity index (χ2n) is 6.93. The Bertz CT molecular complexity index is 1400. The molecule has 4 aromatic rings. The molecule has 2 aromatic heterocycles. The van der Waals surface area contributed by atoms with Gasteiger partial charge in [0.2, 0.25) is 9.84 Å². The van der Waals surface area contributed by atoms with Gasteiger partial charge in [-0.25, -0.2) is 13.4 Å². The third-order valence-corrected chi connectivity index (χ3v) is 6.14. The number of carbonyl (C=O) groups excluding carboxylic acids is 1. The molecule has 0 fully saturated rings. The largest absolute Gasteiger partial charge is 0.341 e. The number of carbonyl (C=O) groups is 1. The van der Waals surface area contributed by atoms with Gasteiger partial charge in [0, 0.05) is 23.6 Å². The molecule has 9 heteroatoms. The molecule has 2 heterocycles. The molecular weight excluding hydrogens is 424 g/mol. The molecule has 0 radical (unpaired) electrons. The number of benzene rings is 2. The van der Waals surface area contributed by atoms with Gasteiger partial charge in [0.1, 0.15) is 5.65 Å². The second kappa shape index (κ2) is 7.92. The van der Waals surface area contributed by atoms with Gasteiger partial charge in [-0.1, -0.05) is 24.3 Å². The Balaban J connectivity index is 1.65. The van der Waals surface area contributed by atoms with Crippen molar-refractivity contribution in [3.05, 3.63) is 84.2 Å². The number of pyridine rings is 1. The third kappa shape index (κ3) is 4.04. The number of amides is 1. The number of nitrogens with one attached hydrogen (secondary N) is 1. The first kappa shape index (κ1) is 20.7. The summed E-state index contributed by atoms with van der Waals surface area (Å²) >= 11 is 0. The van der Waals surface area contributed by atoms with Crippen LogP contribution in [0.3, 0.4) is 0 Å². The van der Waals surface area contributed by atoms with Gasteiger partial charge in [-0.05, 0) is 48.9 Å². The summed E-state index contributed by atoms with van der Waals surface area (Å²) in [4.78, 5) is 16.6. The highest BCUT2D eigenvalue weighted by Gasteiger charge is 2.30. The number of hydrogen-bond donors (Lipinski definition) is 1. The van der Waals surface area contributed by atoms with Crippen LogP contribution in [0.25, 0.3) is 16.9 Å². The predicted molar refractivity (Wildman–Crippen MR) is 113 cm³/mol. The minimum Gasteiger partial charge on any atom is -0.322 e. The zero-order valence-corrected chi connectivity index (χ0v) is 17.1. The van der Waals surface area contributed by atoms with E-state index in [-0.39, 0.29) is 5.56 Å². The van der Waals surface area contributed by atoms with Crippen molar-refractivity contribution in [3.8, 4) is 11.3 Å². The number of sulfone groups is 1. The monoisotopic (exact) mass is 441 g/mol. The summed E-state index contributed by atoms with van der Waals surface area (Å²) in [6, 6.07) is 15.6. The van der Waals surface area contributed by atoms with Crippen molar-refractivity contribution in [2.45, 2.75) is 17.6 Å². The van der Waals surface area contributed by atoms with E-state index in [0.717, 1.165) is 22.8 Å². The summed E-state index contributed by atoms with van der Waals surface area (Å²) in [5, 5.41) is 2.58. The fourth-order valence-corrected chi connectivity index (χ4v) is 4.10. The Kier molecular flexibility index (Phi) is 5.28. The Labute approximate surface area is 177 Å². The van der Waals surface area contributed by atoms with E-state index >= 15 is 0 Å². The lowest BCUT2D eigenvalue weighted by Crippen LogP contribution is -2.19. The lowest BCUT2D eigenvalue weighted by atomic mass is 10.1. The first-order valence-electron chi connectivity index (χ1n) is 9.24. The molecule has 158 valence electrons. The number of alkyl halides is 2. The van der Waals surface area contributed by atoms with Crippen LogP contribution in [-0.4, -0.2) is 29.5 Å². The normalized spacial score (nSPS) is 11.7. The van der Waals surface area contributed by atoms with Crippen LogP contribution in [0, 0.1) is 6.92 Å². The molecule has 0 atom stereocenters. The van der Waals surface area contributed by atoms with Crippen LogP contribution in [0.4, 0.5) is 14.5 Å². The lowest BCUT2D eigenvalue weighted by molar-refractivity contribution is 0.102. The summed E-state index contributed by atoms with van der Waals surface area (Å²) in [5.41, 5.74) is 3.28. The molecule has 6 nitrogen and oxygen atoms in total. The van der Waals surface area contributed by atoms with Crippen LogP contribution < -0.4 is 5.32 Å². The number of nitrogens with zero attached hydrogens (tertiary/aromatic N) is 2. The molecule has 0 aliphatic carbocycles. The molecule has 4 rings (SSSR count). The van der Waals surface area contributed by atoms with E-state index in [0.29, 0.717) is 11.4 Å². The van der Waals surface area contributed by atoms with E-state index in [4.69, 9.17) is 0 Å². The maximum Gasteiger partial charge on any atom is 0.341 e. The number of halogens is 2. The molecule has 0 bridgehead atoms. The van der Waals surface area contributed by atoms with Crippen LogP contribution in [-0.2, 0) is 9.84 Å². The number of aromatic nitrogens is 2. The van der Waals surface area contributed by atoms with E-state index < -0.39 is 26.4 Å². The highest BCUT2D eigenvalue weighted by molar-refractivity contribution is 7.91. The maximum atomic E-state index is 13.0. The highest BCUT2D eigenvalue weighted by Crippen LogP contribution is 2.25. The summed E-state index contributed by atoms with van der Waals surface area (Å²) in [6.45, 7) is 1.97. The summed E-state index contributed by atoms with van der Waals surface area (Å²) < 4.78 is 51.7. The molecule has 1 amide bonds. The van der Waals surface area contributed by atoms with Gasteiger partial charge in [0.25, 0.3) is 5.91 Å². The number of fused-ring (bicyclic) bond motifs is 1. The van der Waals surface area contributed by atoms with E-state index in [9.17, 15) is 22.0 Å². The van der Waals surface area contributed by atoms with E-state index in [1.54, 1.807) is 18.2 Å². The SMILES string of the molecule is Cc1ccn2cc(-c3cccc(NC(=O)c4ccccc4S(=O)(=O)C(F)F)c3)nc2c1. The van der Waals surface area contributed by atoms with Crippen LogP contribution in [0.15, 0.2) is 78.0 Å². The number of hydrogen-bond acceptors (Lipinski definition) is 4. The molecule has 1 N–H and O–H groups in total. The summed E-state index contributed by atoms with van der Waals surface area (Å²) in [6.07, 6.45) is 3.74. The Morgan fingerprint density at radius 1 is 1.06 bits per heavy atom. The van der Waals surface area contributed by atoms with Crippen LogP contribution in [0.2, 0.25) is 0 Å². The van der Waals surface area contributed by atoms with Crippen molar-refractivity contribution >= 4 is 27.1 Å². The molecule has 2 aromatic carbocycles. The van der Waals surface area contributed by atoms with E-state index in [1.807, 2.05) is 41.9 Å². The molecule has 0 aliphatic heterocycles. The van der Waals surface area contributed by atoms with Crippen molar-refractivity contribution in [3.63, 3.8) is 0 Å². The molecule has 0 aliphatic rings. The minimum absolute atomic E-state index is 0.351. The predicted octanol–water partition coefficient (Wildman–Crippen LogP) is 4.56. The maximum absolute atomic E-state index is 13.0. The zero-order chi connectivity index (χ0) is 22.2. The van der Waals surface area contributed by atoms with Gasteiger partial charge in [-0.2, -0.15) is 8.78 Å². The Hall–Kier alpha value is -3.59. The molecule has 0 unspecified atom stereocenters. The lowest BCUT2D eigenvalue weighted by Gasteiger charge is -2.11. The van der Waals surface area contributed by atoms with Crippen LogP contribution in [0.1, 0.15) is 15.9 Å². The average molecular weight is 441 g/mol. The number of imidazole rings is 1. The molecule has 31 heavy (non-hydrogen) atoms. The topological polar surface area (TPSA) is 80.5 Å². The Morgan fingerprint density at radius 3 is 2.61 bits per heavy atom. The van der Waals surface area contributed by atoms with Gasteiger partial charge in [-0.15, -0.1) is 0 Å². The van der Waals surface area contributed by atoms with E-state index in [2.05, 4.69) is 10.3 Å². The van der Waals surface area contributed by atoms with Gasteiger partial charge in [0.05, 0.1) is 16.2 Å². The molecular formula is C22H17F2N3O3S. The van der Waals surface area contributed by atoms with Crippen molar-refractivity contribution < 1.29 is 22.0 Å². The standard InChI is InChI=1S/C22H17F2N3O3S/c1-14-9-10-27-13-18(26-20(27)11-14)15-5-4-6-16(12-15)25-21(28)17-7-2-3-8-19(17)31(29,30)22(23)24/h2-13,22H,1H3,(H,25,28). The zero-order valence-electron chi connectivity index (χ0n) is 16.3. The average Bonchev–Trinajstić information content (AvgIpc) is 3.17. The van der Waals surface area contributed by atoms with Gasteiger partial charge < -0.3 is 9.72 Å².